The molecule has 2 aromatic carbocycles. The summed E-state index contributed by atoms with van der Waals surface area (Å²) in [7, 11) is 0. The van der Waals surface area contributed by atoms with Crippen molar-refractivity contribution in [1.82, 2.24) is 10.2 Å². The van der Waals surface area contributed by atoms with Crippen LogP contribution in [0.4, 0.5) is 0 Å². The Morgan fingerprint density at radius 3 is 2.83 bits per heavy atom. The molecule has 0 radical (unpaired) electrons. The summed E-state index contributed by atoms with van der Waals surface area (Å²) in [6.45, 7) is 2.89. The number of halogens is 1. The van der Waals surface area contributed by atoms with Gasteiger partial charge in [-0.15, -0.1) is 12.4 Å². The summed E-state index contributed by atoms with van der Waals surface area (Å²) in [6.07, 6.45) is 1.75. The van der Waals surface area contributed by atoms with Gasteiger partial charge in [-0.25, -0.2) is 0 Å². The van der Waals surface area contributed by atoms with Crippen molar-refractivity contribution in [2.45, 2.75) is 25.0 Å². The quantitative estimate of drug-likeness (QED) is 0.909. The minimum absolute atomic E-state index is 0. The number of likely N-dealkylation sites (tertiary alicyclic amines) is 1. The highest BCUT2D eigenvalue weighted by molar-refractivity contribution is 5.88. The van der Waals surface area contributed by atoms with Crippen LogP contribution < -0.4 is 5.32 Å². The van der Waals surface area contributed by atoms with Gasteiger partial charge in [-0.05, 0) is 29.2 Å². The van der Waals surface area contributed by atoms with Crippen molar-refractivity contribution in [3.8, 4) is 0 Å². The predicted molar refractivity (Wildman–Crippen MR) is 97.5 cm³/mol. The van der Waals surface area contributed by atoms with E-state index in [1.807, 2.05) is 4.90 Å². The van der Waals surface area contributed by atoms with Gasteiger partial charge in [-0.1, -0.05) is 42.5 Å². The molecule has 0 aromatic heterocycles. The smallest absolute Gasteiger partial charge is 0.253 e. The van der Waals surface area contributed by atoms with Gasteiger partial charge in [0.2, 0.25) is 0 Å². The van der Waals surface area contributed by atoms with Crippen molar-refractivity contribution in [1.29, 1.82) is 0 Å². The Kier molecular flexibility index (Phi) is 5.39. The maximum absolute atomic E-state index is 12.9. The number of rotatable bonds is 2. The van der Waals surface area contributed by atoms with Gasteiger partial charge in [0.05, 0.1) is 12.6 Å². The maximum atomic E-state index is 12.9. The van der Waals surface area contributed by atoms with E-state index in [2.05, 4.69) is 47.8 Å². The molecule has 2 saturated heterocycles. The van der Waals surface area contributed by atoms with Gasteiger partial charge < -0.3 is 15.0 Å². The molecule has 2 aromatic rings. The molecule has 4 rings (SSSR count). The van der Waals surface area contributed by atoms with Crippen LogP contribution >= 0.6 is 12.4 Å². The predicted octanol–water partition coefficient (Wildman–Crippen LogP) is 2.91. The Morgan fingerprint density at radius 2 is 2.00 bits per heavy atom. The molecule has 2 fully saturated rings. The van der Waals surface area contributed by atoms with E-state index >= 15 is 0 Å². The minimum Gasteiger partial charge on any atom is -0.366 e. The Labute approximate surface area is 148 Å². The number of nitrogens with zero attached hydrogens (tertiary/aromatic N) is 1. The first-order valence-corrected chi connectivity index (χ1v) is 8.45. The molecule has 0 saturated carbocycles. The number of ether oxygens (including phenoxy) is 1. The van der Waals surface area contributed by atoms with Crippen molar-refractivity contribution < 1.29 is 9.53 Å². The zero-order valence-electron chi connectivity index (χ0n) is 13.6. The van der Waals surface area contributed by atoms with Crippen molar-refractivity contribution in [3.05, 3.63) is 48.0 Å². The topological polar surface area (TPSA) is 41.6 Å². The van der Waals surface area contributed by atoms with Crippen LogP contribution in [0.15, 0.2) is 42.5 Å². The molecule has 2 aliphatic heterocycles. The first-order chi connectivity index (χ1) is 11.3. The minimum atomic E-state index is -0.334. The third-order valence-corrected chi connectivity index (χ3v) is 4.92. The highest BCUT2D eigenvalue weighted by Gasteiger charge is 2.35. The number of nitrogens with one attached hydrogen (secondary N) is 1. The second-order valence-corrected chi connectivity index (χ2v) is 6.32. The number of fused-ring (bicyclic) bond motifs is 1. The van der Waals surface area contributed by atoms with Crippen LogP contribution in [0.5, 0.6) is 0 Å². The van der Waals surface area contributed by atoms with Gasteiger partial charge >= 0.3 is 0 Å². The van der Waals surface area contributed by atoms with E-state index < -0.39 is 0 Å². The number of hydrogen-bond acceptors (Lipinski definition) is 3. The SMILES string of the molecule is Cl.O=C(C1CNCCO1)N1CCCC1c1cccc2ccccc12. The summed E-state index contributed by atoms with van der Waals surface area (Å²) in [6, 6.07) is 15.0. The van der Waals surface area contributed by atoms with E-state index in [0.29, 0.717) is 13.2 Å². The molecule has 0 aliphatic carbocycles. The lowest BCUT2D eigenvalue weighted by Crippen LogP contribution is -2.49. The van der Waals surface area contributed by atoms with Crippen LogP contribution in [-0.2, 0) is 9.53 Å². The first kappa shape index (κ1) is 17.2. The third kappa shape index (κ3) is 3.14. The summed E-state index contributed by atoms with van der Waals surface area (Å²) < 4.78 is 5.67. The van der Waals surface area contributed by atoms with Gasteiger partial charge in [0, 0.05) is 19.6 Å². The Hall–Kier alpha value is -1.62. The lowest BCUT2D eigenvalue weighted by Gasteiger charge is -2.31. The largest absolute Gasteiger partial charge is 0.366 e. The molecule has 2 unspecified atom stereocenters. The first-order valence-electron chi connectivity index (χ1n) is 8.45. The lowest BCUT2D eigenvalue weighted by atomic mass is 9.97. The second kappa shape index (κ2) is 7.51. The van der Waals surface area contributed by atoms with Crippen molar-refractivity contribution in [3.63, 3.8) is 0 Å². The molecular weight excluding hydrogens is 324 g/mol. The van der Waals surface area contributed by atoms with Crippen LogP contribution in [0.1, 0.15) is 24.4 Å². The summed E-state index contributed by atoms with van der Waals surface area (Å²) in [5.41, 5.74) is 1.26. The van der Waals surface area contributed by atoms with Gasteiger partial charge in [0.1, 0.15) is 6.10 Å². The molecule has 2 heterocycles. The summed E-state index contributed by atoms with van der Waals surface area (Å²) in [5, 5.41) is 5.74. The summed E-state index contributed by atoms with van der Waals surface area (Å²) in [5.74, 6) is 0.132. The molecule has 5 heteroatoms. The fourth-order valence-electron chi connectivity index (χ4n) is 3.80. The molecule has 0 spiro atoms. The number of amides is 1. The van der Waals surface area contributed by atoms with Crippen LogP contribution in [0, 0.1) is 0 Å². The van der Waals surface area contributed by atoms with E-state index in [4.69, 9.17) is 4.74 Å². The normalized spacial score (nSPS) is 23.9. The summed E-state index contributed by atoms with van der Waals surface area (Å²) in [4.78, 5) is 14.9. The zero-order chi connectivity index (χ0) is 15.6. The van der Waals surface area contributed by atoms with Crippen molar-refractivity contribution >= 4 is 29.1 Å². The van der Waals surface area contributed by atoms with Crippen LogP contribution in [0.2, 0.25) is 0 Å². The zero-order valence-corrected chi connectivity index (χ0v) is 14.4. The van der Waals surface area contributed by atoms with E-state index in [-0.39, 0.29) is 30.5 Å². The molecule has 24 heavy (non-hydrogen) atoms. The van der Waals surface area contributed by atoms with Gasteiger partial charge in [-0.3, -0.25) is 4.79 Å². The van der Waals surface area contributed by atoms with Crippen LogP contribution in [0.25, 0.3) is 10.8 Å². The fourth-order valence-corrected chi connectivity index (χ4v) is 3.80. The average Bonchev–Trinajstić information content (AvgIpc) is 3.11. The lowest BCUT2D eigenvalue weighted by molar-refractivity contribution is -0.146. The van der Waals surface area contributed by atoms with Crippen molar-refractivity contribution in [2.75, 3.05) is 26.2 Å². The molecule has 0 bridgehead atoms. The van der Waals surface area contributed by atoms with Gasteiger partial charge in [0.25, 0.3) is 5.91 Å². The molecule has 4 nitrogen and oxygen atoms in total. The Balaban J connectivity index is 0.00000169. The maximum Gasteiger partial charge on any atom is 0.253 e. The fraction of sp³-hybridized carbons (Fsp3) is 0.421. The van der Waals surface area contributed by atoms with Gasteiger partial charge in [-0.2, -0.15) is 0 Å². The number of carbonyl (C=O) groups excluding carboxylic acids is 1. The third-order valence-electron chi connectivity index (χ3n) is 4.92. The second-order valence-electron chi connectivity index (χ2n) is 6.32. The van der Waals surface area contributed by atoms with E-state index in [9.17, 15) is 4.79 Å². The number of hydrogen-bond donors (Lipinski definition) is 1. The molecule has 2 aliphatic rings. The van der Waals surface area contributed by atoms with Crippen LogP contribution in [0.3, 0.4) is 0 Å². The number of morpholine rings is 1. The Morgan fingerprint density at radius 1 is 1.17 bits per heavy atom. The Bertz CT molecular complexity index is 710. The van der Waals surface area contributed by atoms with E-state index in [1.54, 1.807) is 0 Å². The molecule has 128 valence electrons. The molecule has 1 N–H and O–H groups in total. The highest BCUT2D eigenvalue weighted by Crippen LogP contribution is 2.36. The summed E-state index contributed by atoms with van der Waals surface area (Å²) >= 11 is 0. The van der Waals surface area contributed by atoms with E-state index in [0.717, 1.165) is 25.9 Å². The van der Waals surface area contributed by atoms with E-state index in [1.165, 1.54) is 16.3 Å². The molecular formula is C19H23ClN2O2. The van der Waals surface area contributed by atoms with Crippen molar-refractivity contribution in [2.24, 2.45) is 0 Å². The monoisotopic (exact) mass is 346 g/mol. The average molecular weight is 347 g/mol. The molecule has 2 atom stereocenters. The number of benzene rings is 2. The van der Waals surface area contributed by atoms with Crippen LogP contribution in [-0.4, -0.2) is 43.2 Å². The van der Waals surface area contributed by atoms with Gasteiger partial charge in [0.15, 0.2) is 0 Å². The molecule has 1 amide bonds. The highest BCUT2D eigenvalue weighted by atomic mass is 35.5. The standard InChI is InChI=1S/C19H22N2O2.ClH/c22-19(18-13-20-10-12-23-18)21-11-4-9-17(21)16-8-3-6-14-5-1-2-7-15(14)16;/h1-3,5-8,17-18,20H,4,9-13H2;1H. The number of carbonyl (C=O) groups is 1.